The highest BCUT2D eigenvalue weighted by Gasteiger charge is 2.06. The lowest BCUT2D eigenvalue weighted by Gasteiger charge is -2.04. The predicted octanol–water partition coefficient (Wildman–Crippen LogP) is 3.37. The molecular weight excluding hydrogens is 249 g/mol. The SMILES string of the molecule is N#CC(CCl)Cc1cccc(Br)c1. The molecule has 0 aromatic heterocycles. The van der Waals surface area contributed by atoms with Crippen molar-refractivity contribution in [1.29, 1.82) is 5.26 Å². The molecule has 1 aromatic carbocycles. The van der Waals surface area contributed by atoms with E-state index in [-0.39, 0.29) is 5.92 Å². The average molecular weight is 259 g/mol. The summed E-state index contributed by atoms with van der Waals surface area (Å²) in [5.41, 5.74) is 1.14. The molecule has 0 aliphatic heterocycles. The molecule has 3 heteroatoms. The molecule has 1 unspecified atom stereocenters. The van der Waals surface area contributed by atoms with E-state index < -0.39 is 0 Å². The van der Waals surface area contributed by atoms with E-state index in [4.69, 9.17) is 16.9 Å². The summed E-state index contributed by atoms with van der Waals surface area (Å²) in [6.45, 7) is 0. The molecule has 68 valence electrons. The fourth-order valence-corrected chi connectivity index (χ4v) is 1.71. The van der Waals surface area contributed by atoms with Gasteiger partial charge >= 0.3 is 0 Å². The number of hydrogen-bond donors (Lipinski definition) is 0. The van der Waals surface area contributed by atoms with Gasteiger partial charge < -0.3 is 0 Å². The first-order chi connectivity index (χ1) is 6.26. The van der Waals surface area contributed by atoms with Crippen LogP contribution in [0.2, 0.25) is 0 Å². The van der Waals surface area contributed by atoms with Crippen LogP contribution < -0.4 is 0 Å². The van der Waals surface area contributed by atoms with Crippen molar-refractivity contribution in [2.24, 2.45) is 5.92 Å². The highest BCUT2D eigenvalue weighted by molar-refractivity contribution is 9.10. The van der Waals surface area contributed by atoms with Crippen LogP contribution in [0.25, 0.3) is 0 Å². The van der Waals surface area contributed by atoms with Gasteiger partial charge in [-0.3, -0.25) is 0 Å². The van der Waals surface area contributed by atoms with Crippen molar-refractivity contribution < 1.29 is 0 Å². The smallest absolute Gasteiger partial charge is 0.0671 e. The van der Waals surface area contributed by atoms with Gasteiger partial charge in [0.05, 0.1) is 12.0 Å². The van der Waals surface area contributed by atoms with Gasteiger partial charge in [0.25, 0.3) is 0 Å². The Morgan fingerprint density at radius 2 is 2.31 bits per heavy atom. The lowest BCUT2D eigenvalue weighted by molar-refractivity contribution is 0.746. The third-order valence-corrected chi connectivity index (χ3v) is 2.61. The van der Waals surface area contributed by atoms with Crippen molar-refractivity contribution in [2.45, 2.75) is 6.42 Å². The number of halogens is 2. The third-order valence-electron chi connectivity index (χ3n) is 1.74. The van der Waals surface area contributed by atoms with E-state index in [9.17, 15) is 0 Å². The van der Waals surface area contributed by atoms with E-state index in [1.807, 2.05) is 24.3 Å². The first kappa shape index (κ1) is 10.6. The van der Waals surface area contributed by atoms with Gasteiger partial charge in [-0.25, -0.2) is 0 Å². The Kier molecular flexibility index (Phi) is 4.27. The molecule has 0 spiro atoms. The molecule has 1 aromatic rings. The first-order valence-corrected chi connectivity index (χ1v) is 5.29. The van der Waals surface area contributed by atoms with Crippen molar-refractivity contribution in [2.75, 3.05) is 5.88 Å². The van der Waals surface area contributed by atoms with Crippen molar-refractivity contribution in [1.82, 2.24) is 0 Å². The minimum atomic E-state index is -0.0871. The molecular formula is C10H9BrClN. The van der Waals surface area contributed by atoms with E-state index in [1.54, 1.807) is 0 Å². The monoisotopic (exact) mass is 257 g/mol. The highest BCUT2D eigenvalue weighted by atomic mass is 79.9. The van der Waals surface area contributed by atoms with Crippen LogP contribution in [0.4, 0.5) is 0 Å². The number of hydrogen-bond acceptors (Lipinski definition) is 1. The molecule has 0 amide bonds. The summed E-state index contributed by atoms with van der Waals surface area (Å²) in [6.07, 6.45) is 0.722. The van der Waals surface area contributed by atoms with Crippen LogP contribution >= 0.6 is 27.5 Å². The Morgan fingerprint density at radius 3 is 2.85 bits per heavy atom. The molecule has 0 heterocycles. The quantitative estimate of drug-likeness (QED) is 0.763. The molecule has 13 heavy (non-hydrogen) atoms. The summed E-state index contributed by atoms with van der Waals surface area (Å²) in [5.74, 6) is 0.305. The van der Waals surface area contributed by atoms with E-state index in [2.05, 4.69) is 22.0 Å². The minimum Gasteiger partial charge on any atom is -0.198 e. The van der Waals surface area contributed by atoms with Crippen molar-refractivity contribution in [3.8, 4) is 6.07 Å². The Hall–Kier alpha value is -0.520. The van der Waals surface area contributed by atoms with Gasteiger partial charge in [0.1, 0.15) is 0 Å². The van der Waals surface area contributed by atoms with Crippen LogP contribution in [-0.4, -0.2) is 5.88 Å². The number of nitriles is 1. The van der Waals surface area contributed by atoms with Crippen LogP contribution in [-0.2, 0) is 6.42 Å². The second-order valence-corrected chi connectivity index (χ2v) is 4.04. The standard InChI is InChI=1S/C10H9BrClN/c11-10-3-1-2-8(5-10)4-9(6-12)7-13/h1-3,5,9H,4,6H2. The lowest BCUT2D eigenvalue weighted by Crippen LogP contribution is -2.02. The van der Waals surface area contributed by atoms with Gasteiger partial charge in [0, 0.05) is 10.4 Å². The molecule has 0 bridgehead atoms. The highest BCUT2D eigenvalue weighted by Crippen LogP contribution is 2.15. The zero-order chi connectivity index (χ0) is 9.68. The molecule has 0 radical (unpaired) electrons. The lowest BCUT2D eigenvalue weighted by atomic mass is 10.0. The van der Waals surface area contributed by atoms with Gasteiger partial charge in [-0.1, -0.05) is 28.1 Å². The largest absolute Gasteiger partial charge is 0.198 e. The van der Waals surface area contributed by atoms with Gasteiger partial charge in [-0.2, -0.15) is 5.26 Å². The second kappa shape index (κ2) is 5.26. The third kappa shape index (κ3) is 3.38. The van der Waals surface area contributed by atoms with Crippen molar-refractivity contribution in [3.63, 3.8) is 0 Å². The Balaban J connectivity index is 2.69. The maximum Gasteiger partial charge on any atom is 0.0671 e. The summed E-state index contributed by atoms with van der Waals surface area (Å²) in [7, 11) is 0. The maximum atomic E-state index is 8.71. The molecule has 0 aliphatic carbocycles. The van der Waals surface area contributed by atoms with Crippen molar-refractivity contribution in [3.05, 3.63) is 34.3 Å². The normalized spacial score (nSPS) is 12.1. The molecule has 0 saturated carbocycles. The van der Waals surface area contributed by atoms with Gasteiger partial charge in [-0.05, 0) is 24.1 Å². The van der Waals surface area contributed by atoms with Gasteiger partial charge in [0.2, 0.25) is 0 Å². The van der Waals surface area contributed by atoms with E-state index in [0.717, 1.165) is 16.5 Å². The van der Waals surface area contributed by atoms with Gasteiger partial charge in [-0.15, -0.1) is 11.6 Å². The zero-order valence-corrected chi connectivity index (χ0v) is 9.35. The summed E-state index contributed by atoms with van der Waals surface area (Å²) in [6, 6.07) is 10.1. The predicted molar refractivity (Wildman–Crippen MR) is 57.7 cm³/mol. The fourth-order valence-electron chi connectivity index (χ4n) is 1.08. The zero-order valence-electron chi connectivity index (χ0n) is 7.00. The Bertz CT molecular complexity index is 319. The van der Waals surface area contributed by atoms with Crippen LogP contribution in [0.15, 0.2) is 28.7 Å². The average Bonchev–Trinajstić information content (AvgIpc) is 2.14. The summed E-state index contributed by atoms with van der Waals surface area (Å²) >= 11 is 9.00. The number of rotatable bonds is 3. The summed E-state index contributed by atoms with van der Waals surface area (Å²) < 4.78 is 1.04. The molecule has 0 fully saturated rings. The summed E-state index contributed by atoms with van der Waals surface area (Å²) in [4.78, 5) is 0. The fraction of sp³-hybridized carbons (Fsp3) is 0.300. The van der Waals surface area contributed by atoms with Gasteiger partial charge in [0.15, 0.2) is 0 Å². The molecule has 0 N–H and O–H groups in total. The summed E-state index contributed by atoms with van der Waals surface area (Å²) in [5, 5.41) is 8.71. The van der Waals surface area contributed by atoms with Crippen LogP contribution in [0, 0.1) is 17.2 Å². The number of alkyl halides is 1. The molecule has 1 atom stereocenters. The molecule has 0 saturated heterocycles. The van der Waals surface area contributed by atoms with Crippen LogP contribution in [0.3, 0.4) is 0 Å². The first-order valence-electron chi connectivity index (χ1n) is 3.96. The van der Waals surface area contributed by atoms with Crippen LogP contribution in [0.1, 0.15) is 5.56 Å². The van der Waals surface area contributed by atoms with Crippen molar-refractivity contribution >= 4 is 27.5 Å². The molecule has 0 aliphatic rings. The Labute approximate surface area is 91.5 Å². The number of nitrogens with zero attached hydrogens (tertiary/aromatic N) is 1. The van der Waals surface area contributed by atoms with E-state index >= 15 is 0 Å². The van der Waals surface area contributed by atoms with E-state index in [1.165, 1.54) is 0 Å². The molecule has 1 nitrogen and oxygen atoms in total. The number of benzene rings is 1. The van der Waals surface area contributed by atoms with E-state index in [0.29, 0.717) is 5.88 Å². The topological polar surface area (TPSA) is 23.8 Å². The second-order valence-electron chi connectivity index (χ2n) is 2.81. The Morgan fingerprint density at radius 1 is 1.54 bits per heavy atom. The maximum absolute atomic E-state index is 8.71. The molecule has 1 rings (SSSR count). The van der Waals surface area contributed by atoms with Crippen LogP contribution in [0.5, 0.6) is 0 Å². The minimum absolute atomic E-state index is 0.0871.